The number of hydrogen-bond donors (Lipinski definition) is 2. The lowest BCUT2D eigenvalue weighted by atomic mass is 10.2. The predicted octanol–water partition coefficient (Wildman–Crippen LogP) is 3.96. The number of anilines is 1. The molecule has 0 aliphatic rings. The van der Waals surface area contributed by atoms with Gasteiger partial charge in [0.15, 0.2) is 0 Å². The van der Waals surface area contributed by atoms with Gasteiger partial charge in [-0.2, -0.15) is 5.10 Å². The van der Waals surface area contributed by atoms with Crippen molar-refractivity contribution in [3.63, 3.8) is 0 Å². The molecule has 0 saturated heterocycles. The topological polar surface area (TPSA) is 111 Å². The van der Waals surface area contributed by atoms with E-state index >= 15 is 0 Å². The summed E-state index contributed by atoms with van der Waals surface area (Å²) in [5.41, 5.74) is 1.33. The Labute approximate surface area is 184 Å². The van der Waals surface area contributed by atoms with E-state index in [4.69, 9.17) is 4.52 Å². The quantitative estimate of drug-likeness (QED) is 0.452. The number of halogens is 3. The van der Waals surface area contributed by atoms with Crippen LogP contribution in [0.2, 0.25) is 0 Å². The van der Waals surface area contributed by atoms with Crippen LogP contribution in [-0.2, 0) is 0 Å². The van der Waals surface area contributed by atoms with Crippen LogP contribution >= 0.6 is 0 Å². The lowest BCUT2D eigenvalue weighted by Gasteiger charge is -2.10. The van der Waals surface area contributed by atoms with E-state index in [-0.39, 0.29) is 23.0 Å². The zero-order chi connectivity index (χ0) is 23.6. The minimum absolute atomic E-state index is 0.0640. The lowest BCUT2D eigenvalue weighted by molar-refractivity contribution is -0.274. The van der Waals surface area contributed by atoms with Crippen LogP contribution in [0.15, 0.2) is 65.4 Å². The van der Waals surface area contributed by atoms with Crippen molar-refractivity contribution in [1.29, 1.82) is 0 Å². The van der Waals surface area contributed by atoms with Crippen molar-refractivity contribution in [2.24, 2.45) is 0 Å². The summed E-state index contributed by atoms with van der Waals surface area (Å²) in [4.78, 5) is 25.0. The number of alkyl halides is 3. The first-order valence-electron chi connectivity index (χ1n) is 9.56. The van der Waals surface area contributed by atoms with Gasteiger partial charge >= 0.3 is 6.36 Å². The minimum Gasteiger partial charge on any atom is -0.406 e. The van der Waals surface area contributed by atoms with Crippen molar-refractivity contribution in [2.75, 3.05) is 5.32 Å². The summed E-state index contributed by atoms with van der Waals surface area (Å²) in [6.07, 6.45) is -1.70. The zero-order valence-electron chi connectivity index (χ0n) is 17.0. The molecule has 4 aromatic rings. The van der Waals surface area contributed by atoms with E-state index < -0.39 is 24.1 Å². The first-order chi connectivity index (χ1) is 15.7. The fraction of sp³-hybridized carbons (Fsp3) is 0.143. The Morgan fingerprint density at radius 2 is 1.94 bits per heavy atom. The molecule has 0 aliphatic heterocycles. The fourth-order valence-electron chi connectivity index (χ4n) is 3.02. The average Bonchev–Trinajstić information content (AvgIpc) is 3.40. The molecule has 0 aliphatic carbocycles. The van der Waals surface area contributed by atoms with Crippen molar-refractivity contribution in [3.05, 3.63) is 77.9 Å². The Balaban J connectivity index is 1.41. The molecule has 33 heavy (non-hydrogen) atoms. The van der Waals surface area contributed by atoms with Crippen LogP contribution in [-0.4, -0.2) is 32.9 Å². The van der Waals surface area contributed by atoms with Gasteiger partial charge in [0, 0.05) is 24.0 Å². The van der Waals surface area contributed by atoms with Gasteiger partial charge in [-0.3, -0.25) is 9.59 Å². The van der Waals surface area contributed by atoms with Crippen molar-refractivity contribution in [1.82, 2.24) is 20.1 Å². The first-order valence-corrected chi connectivity index (χ1v) is 9.56. The number of nitrogens with zero attached hydrogens (tertiary/aromatic N) is 3. The third kappa shape index (κ3) is 5.11. The Kier molecular flexibility index (Phi) is 5.73. The number of hydrogen-bond acceptors (Lipinski definition) is 6. The molecule has 0 bridgehead atoms. The molecule has 0 radical (unpaired) electrons. The number of carbonyl (C=O) groups is 2. The first kappa shape index (κ1) is 21.9. The third-order valence-corrected chi connectivity index (χ3v) is 4.54. The molecule has 9 nitrogen and oxygen atoms in total. The molecule has 0 saturated carbocycles. The van der Waals surface area contributed by atoms with E-state index in [9.17, 15) is 22.8 Å². The maximum Gasteiger partial charge on any atom is 0.573 e. The van der Waals surface area contributed by atoms with Crippen molar-refractivity contribution < 1.29 is 32.0 Å². The van der Waals surface area contributed by atoms with Crippen molar-refractivity contribution >= 4 is 23.0 Å². The Bertz CT molecular complexity index is 1310. The van der Waals surface area contributed by atoms with E-state index in [0.717, 1.165) is 12.1 Å². The number of aromatic nitrogens is 3. The van der Waals surface area contributed by atoms with E-state index in [1.165, 1.54) is 24.4 Å². The van der Waals surface area contributed by atoms with Crippen LogP contribution in [0.5, 0.6) is 5.75 Å². The molecule has 4 rings (SSSR count). The molecule has 0 unspecified atom stereocenters. The number of fused-ring (bicyclic) bond motifs is 1. The maximum atomic E-state index is 12.6. The summed E-state index contributed by atoms with van der Waals surface area (Å²) in [6, 6.07) is 10.8. The van der Waals surface area contributed by atoms with E-state index in [1.807, 2.05) is 0 Å². The molecule has 3 aromatic heterocycles. The van der Waals surface area contributed by atoms with Crippen LogP contribution in [0.3, 0.4) is 0 Å². The number of benzene rings is 1. The van der Waals surface area contributed by atoms with E-state index in [0.29, 0.717) is 11.1 Å². The van der Waals surface area contributed by atoms with Crippen molar-refractivity contribution in [2.45, 2.75) is 19.3 Å². The van der Waals surface area contributed by atoms with Crippen LogP contribution in [0, 0.1) is 0 Å². The van der Waals surface area contributed by atoms with Crippen molar-refractivity contribution in [3.8, 4) is 5.75 Å². The maximum absolute atomic E-state index is 12.6. The van der Waals surface area contributed by atoms with Gasteiger partial charge in [-0.25, -0.2) is 4.52 Å². The van der Waals surface area contributed by atoms with Gasteiger partial charge < -0.3 is 19.9 Å². The molecule has 0 fully saturated rings. The minimum atomic E-state index is -4.85. The van der Waals surface area contributed by atoms with Crippen LogP contribution in [0.25, 0.3) is 5.52 Å². The highest BCUT2D eigenvalue weighted by Gasteiger charge is 2.31. The molecule has 170 valence electrons. The van der Waals surface area contributed by atoms with Crippen LogP contribution < -0.4 is 15.4 Å². The van der Waals surface area contributed by atoms with Crippen LogP contribution in [0.4, 0.5) is 18.9 Å². The highest BCUT2D eigenvalue weighted by Crippen LogP contribution is 2.25. The van der Waals surface area contributed by atoms with Gasteiger partial charge in [0.2, 0.25) is 5.76 Å². The number of nitrogens with one attached hydrogen (secondary N) is 2. The second-order valence-corrected chi connectivity index (χ2v) is 6.93. The molecule has 3 heterocycles. The van der Waals surface area contributed by atoms with Gasteiger partial charge in [-0.15, -0.1) is 13.2 Å². The van der Waals surface area contributed by atoms with Gasteiger partial charge in [-0.1, -0.05) is 17.3 Å². The monoisotopic (exact) mass is 459 g/mol. The second-order valence-electron chi connectivity index (χ2n) is 6.93. The SMILES string of the molecule is C[C@@H](NC(=O)c1cnn2ccccc12)c1cc(C(=O)Nc2cccc(OC(F)(F)F)c2)on1. The zero-order valence-corrected chi connectivity index (χ0v) is 17.0. The fourth-order valence-corrected chi connectivity index (χ4v) is 3.02. The third-order valence-electron chi connectivity index (χ3n) is 4.54. The highest BCUT2D eigenvalue weighted by molar-refractivity contribution is 6.02. The lowest BCUT2D eigenvalue weighted by Crippen LogP contribution is -2.26. The van der Waals surface area contributed by atoms with E-state index in [2.05, 4.69) is 25.6 Å². The standard InChI is InChI=1S/C21H16F3N5O4/c1-12(26-19(30)15-11-25-29-8-3-2-7-17(15)29)16-10-18(33-28-16)20(31)27-13-5-4-6-14(9-13)32-21(22,23)24/h2-12H,1H3,(H,26,30)(H,27,31)/t12-/m1/s1. The molecule has 0 spiro atoms. The van der Waals surface area contributed by atoms with Gasteiger partial charge in [0.25, 0.3) is 11.8 Å². The molecule has 2 N–H and O–H groups in total. The normalized spacial score (nSPS) is 12.4. The smallest absolute Gasteiger partial charge is 0.406 e. The molecule has 12 heteroatoms. The average molecular weight is 459 g/mol. The number of pyridine rings is 1. The summed E-state index contributed by atoms with van der Waals surface area (Å²) in [7, 11) is 0. The van der Waals surface area contributed by atoms with E-state index in [1.54, 1.807) is 35.8 Å². The summed E-state index contributed by atoms with van der Waals surface area (Å²) in [6.45, 7) is 1.65. The Hall–Kier alpha value is -4.35. The Morgan fingerprint density at radius 1 is 1.12 bits per heavy atom. The van der Waals surface area contributed by atoms with Gasteiger partial charge in [-0.05, 0) is 31.2 Å². The number of carbonyl (C=O) groups excluding carboxylic acids is 2. The molecule has 2 amide bonds. The summed E-state index contributed by atoms with van der Waals surface area (Å²) in [5, 5.41) is 13.1. The molecule has 1 atom stereocenters. The Morgan fingerprint density at radius 3 is 2.73 bits per heavy atom. The summed E-state index contributed by atoms with van der Waals surface area (Å²) in [5.74, 6) is -1.80. The second kappa shape index (κ2) is 8.65. The summed E-state index contributed by atoms with van der Waals surface area (Å²) < 4.78 is 47.5. The number of ether oxygens (including phenoxy) is 1. The molecule has 1 aromatic carbocycles. The number of rotatable bonds is 6. The molecular weight excluding hydrogens is 443 g/mol. The predicted molar refractivity (Wildman–Crippen MR) is 109 cm³/mol. The highest BCUT2D eigenvalue weighted by atomic mass is 19.4. The van der Waals surface area contributed by atoms with Crippen LogP contribution in [0.1, 0.15) is 39.6 Å². The largest absolute Gasteiger partial charge is 0.573 e. The molecular formula is C21H16F3N5O4. The number of amides is 2. The van der Waals surface area contributed by atoms with Gasteiger partial charge in [0.05, 0.1) is 23.3 Å². The summed E-state index contributed by atoms with van der Waals surface area (Å²) >= 11 is 0. The van der Waals surface area contributed by atoms with Gasteiger partial charge in [0.1, 0.15) is 11.4 Å².